The van der Waals surface area contributed by atoms with Gasteiger partial charge in [-0.25, -0.2) is 17.7 Å². The number of sulfonamides is 1. The Bertz CT molecular complexity index is 989. The van der Waals surface area contributed by atoms with Crippen LogP contribution < -0.4 is 0 Å². The van der Waals surface area contributed by atoms with E-state index < -0.39 is 10.0 Å². The van der Waals surface area contributed by atoms with Gasteiger partial charge in [0.05, 0.1) is 10.6 Å². The van der Waals surface area contributed by atoms with Gasteiger partial charge in [0.15, 0.2) is 5.17 Å². The summed E-state index contributed by atoms with van der Waals surface area (Å²) < 4.78 is 26.0. The summed E-state index contributed by atoms with van der Waals surface area (Å²) in [6.07, 6.45) is 0.794. The van der Waals surface area contributed by atoms with Crippen LogP contribution in [0.5, 0.6) is 0 Å². The summed E-state index contributed by atoms with van der Waals surface area (Å²) in [6, 6.07) is 15.7. The number of nitrogens with zero attached hydrogens (tertiary/aromatic N) is 3. The van der Waals surface area contributed by atoms with E-state index in [4.69, 9.17) is 0 Å². The molecule has 0 N–H and O–H groups in total. The number of carbonyl (C=O) groups excluding carboxylic acids is 1. The SMILES string of the molecule is CC[C@@H]1CSC(=Nc2ccccc2)N1C(=O)c1cccc(S(=O)(=O)N(C)C)c1. The van der Waals surface area contributed by atoms with Gasteiger partial charge in [-0.1, -0.05) is 43.0 Å². The number of para-hydroxylation sites is 1. The fraction of sp³-hybridized carbons (Fsp3) is 0.300. The van der Waals surface area contributed by atoms with Crippen molar-refractivity contribution in [2.45, 2.75) is 24.3 Å². The van der Waals surface area contributed by atoms with Crippen LogP contribution in [0.15, 0.2) is 64.5 Å². The summed E-state index contributed by atoms with van der Waals surface area (Å²) in [7, 11) is -0.669. The molecule has 1 saturated heterocycles. The van der Waals surface area contributed by atoms with Gasteiger partial charge in [0.1, 0.15) is 0 Å². The van der Waals surface area contributed by atoms with Crippen molar-refractivity contribution in [3.8, 4) is 0 Å². The van der Waals surface area contributed by atoms with E-state index in [0.717, 1.165) is 22.2 Å². The molecule has 1 aliphatic rings. The van der Waals surface area contributed by atoms with Crippen molar-refractivity contribution in [1.82, 2.24) is 9.21 Å². The van der Waals surface area contributed by atoms with Crippen molar-refractivity contribution in [1.29, 1.82) is 0 Å². The first-order valence-corrected chi connectivity index (χ1v) is 11.4. The number of amides is 1. The van der Waals surface area contributed by atoms with Crippen molar-refractivity contribution in [3.63, 3.8) is 0 Å². The highest BCUT2D eigenvalue weighted by molar-refractivity contribution is 8.14. The minimum absolute atomic E-state index is 0.0223. The molecule has 0 saturated carbocycles. The second-order valence-corrected chi connectivity index (χ2v) is 9.73. The largest absolute Gasteiger partial charge is 0.283 e. The molecule has 1 heterocycles. The molecule has 0 spiro atoms. The third-order valence-corrected chi connectivity index (χ3v) is 7.42. The van der Waals surface area contributed by atoms with E-state index >= 15 is 0 Å². The monoisotopic (exact) mass is 417 g/mol. The van der Waals surface area contributed by atoms with Crippen LogP contribution in [0, 0.1) is 0 Å². The highest BCUT2D eigenvalue weighted by Crippen LogP contribution is 2.30. The van der Waals surface area contributed by atoms with Crippen LogP contribution in [0.4, 0.5) is 5.69 Å². The molecule has 2 aromatic carbocycles. The number of hydrogen-bond donors (Lipinski definition) is 0. The summed E-state index contributed by atoms with van der Waals surface area (Å²) in [4.78, 5) is 19.7. The van der Waals surface area contributed by atoms with E-state index in [1.807, 2.05) is 37.3 Å². The Morgan fingerprint density at radius 1 is 1.18 bits per heavy atom. The zero-order valence-corrected chi connectivity index (χ0v) is 17.7. The quantitative estimate of drug-likeness (QED) is 0.745. The fourth-order valence-corrected chi connectivity index (χ4v) is 5.08. The van der Waals surface area contributed by atoms with Crippen LogP contribution >= 0.6 is 11.8 Å². The molecule has 2 aromatic rings. The lowest BCUT2D eigenvalue weighted by Gasteiger charge is -2.23. The molecule has 1 fully saturated rings. The minimum atomic E-state index is -3.61. The number of aliphatic imine (C=N–C) groups is 1. The van der Waals surface area contributed by atoms with E-state index in [0.29, 0.717) is 10.7 Å². The first kappa shape index (κ1) is 20.6. The fourth-order valence-electron chi connectivity index (χ4n) is 2.86. The summed E-state index contributed by atoms with van der Waals surface area (Å²) in [5.41, 5.74) is 1.12. The van der Waals surface area contributed by atoms with Crippen molar-refractivity contribution in [3.05, 3.63) is 60.2 Å². The molecule has 28 heavy (non-hydrogen) atoms. The summed E-state index contributed by atoms with van der Waals surface area (Å²) in [6.45, 7) is 2.03. The Morgan fingerprint density at radius 3 is 2.54 bits per heavy atom. The van der Waals surface area contributed by atoms with Crippen LogP contribution in [-0.4, -0.2) is 54.6 Å². The van der Waals surface area contributed by atoms with Gasteiger partial charge in [-0.3, -0.25) is 9.69 Å². The number of rotatable bonds is 5. The lowest BCUT2D eigenvalue weighted by atomic mass is 10.1. The number of thioether (sulfide) groups is 1. The molecule has 0 radical (unpaired) electrons. The molecule has 0 aromatic heterocycles. The number of hydrogen-bond acceptors (Lipinski definition) is 5. The molecule has 8 heteroatoms. The lowest BCUT2D eigenvalue weighted by Crippen LogP contribution is -2.39. The van der Waals surface area contributed by atoms with Gasteiger partial charge in [-0.2, -0.15) is 0 Å². The molecule has 0 bridgehead atoms. The third-order valence-electron chi connectivity index (χ3n) is 4.51. The van der Waals surface area contributed by atoms with E-state index in [1.54, 1.807) is 28.8 Å². The maximum Gasteiger partial charge on any atom is 0.260 e. The van der Waals surface area contributed by atoms with Gasteiger partial charge < -0.3 is 0 Å². The minimum Gasteiger partial charge on any atom is -0.283 e. The van der Waals surface area contributed by atoms with Crippen molar-refractivity contribution < 1.29 is 13.2 Å². The maximum absolute atomic E-state index is 13.3. The van der Waals surface area contributed by atoms with Gasteiger partial charge in [0, 0.05) is 31.5 Å². The maximum atomic E-state index is 13.3. The molecule has 0 aliphatic carbocycles. The van der Waals surface area contributed by atoms with Crippen LogP contribution in [0.1, 0.15) is 23.7 Å². The smallest absolute Gasteiger partial charge is 0.260 e. The van der Waals surface area contributed by atoms with Crippen molar-refractivity contribution in [2.75, 3.05) is 19.8 Å². The summed E-state index contributed by atoms with van der Waals surface area (Å²) in [5, 5.41) is 0.643. The van der Waals surface area contributed by atoms with Gasteiger partial charge in [0.2, 0.25) is 10.0 Å². The zero-order chi connectivity index (χ0) is 20.3. The van der Waals surface area contributed by atoms with Gasteiger partial charge in [-0.15, -0.1) is 0 Å². The van der Waals surface area contributed by atoms with Gasteiger partial charge in [-0.05, 0) is 36.8 Å². The average molecular weight is 418 g/mol. The number of amidine groups is 1. The van der Waals surface area contributed by atoms with Gasteiger partial charge in [0.25, 0.3) is 5.91 Å². The Kier molecular flexibility index (Phi) is 6.22. The highest BCUT2D eigenvalue weighted by atomic mass is 32.2. The van der Waals surface area contributed by atoms with E-state index in [9.17, 15) is 13.2 Å². The molecule has 1 amide bonds. The second kappa shape index (κ2) is 8.46. The van der Waals surface area contributed by atoms with E-state index in [-0.39, 0.29) is 16.8 Å². The van der Waals surface area contributed by atoms with Crippen LogP contribution in [-0.2, 0) is 10.0 Å². The zero-order valence-electron chi connectivity index (χ0n) is 16.1. The standard InChI is InChI=1S/C20H23N3O3S2/c1-4-17-14-27-20(21-16-10-6-5-7-11-16)23(17)19(24)15-9-8-12-18(13-15)28(25,26)22(2)3/h5-13,17H,4,14H2,1-3H3/t17-/m1/s1. The summed E-state index contributed by atoms with van der Waals surface area (Å²) >= 11 is 1.54. The predicted molar refractivity (Wildman–Crippen MR) is 114 cm³/mol. The second-order valence-electron chi connectivity index (χ2n) is 6.59. The number of carbonyl (C=O) groups is 1. The van der Waals surface area contributed by atoms with Crippen LogP contribution in [0.2, 0.25) is 0 Å². The van der Waals surface area contributed by atoms with E-state index in [1.165, 1.54) is 26.2 Å². The van der Waals surface area contributed by atoms with Crippen LogP contribution in [0.3, 0.4) is 0 Å². The Labute approximate surface area is 170 Å². The van der Waals surface area contributed by atoms with E-state index in [2.05, 4.69) is 4.99 Å². The Balaban J connectivity index is 1.98. The molecule has 1 atom stereocenters. The van der Waals surface area contributed by atoms with Gasteiger partial charge >= 0.3 is 0 Å². The summed E-state index contributed by atoms with van der Waals surface area (Å²) in [5.74, 6) is 0.534. The Hall–Kier alpha value is -2.16. The van der Waals surface area contributed by atoms with Crippen molar-refractivity contribution >= 4 is 38.5 Å². The number of benzene rings is 2. The van der Waals surface area contributed by atoms with Crippen molar-refractivity contribution in [2.24, 2.45) is 4.99 Å². The normalized spacial score (nSPS) is 18.8. The molecule has 0 unspecified atom stereocenters. The molecular weight excluding hydrogens is 394 g/mol. The average Bonchev–Trinajstić information content (AvgIpc) is 3.10. The molecule has 3 rings (SSSR count). The predicted octanol–water partition coefficient (Wildman–Crippen LogP) is 3.59. The van der Waals surface area contributed by atoms with Crippen LogP contribution in [0.25, 0.3) is 0 Å². The first-order valence-electron chi connectivity index (χ1n) is 8.97. The lowest BCUT2D eigenvalue weighted by molar-refractivity contribution is 0.0819. The highest BCUT2D eigenvalue weighted by Gasteiger charge is 2.35. The third kappa shape index (κ3) is 4.14. The topological polar surface area (TPSA) is 70.0 Å². The molecular formula is C20H23N3O3S2. The first-order chi connectivity index (χ1) is 13.3. The molecule has 6 nitrogen and oxygen atoms in total. The Morgan fingerprint density at radius 2 is 1.89 bits per heavy atom. The molecule has 1 aliphatic heterocycles. The molecule has 148 valence electrons.